The molecule has 1 aliphatic rings. The van der Waals surface area contributed by atoms with Crippen LogP contribution in [0.4, 0.5) is 5.69 Å². The Bertz CT molecular complexity index is 335. The molecule has 1 atom stereocenters. The van der Waals surface area contributed by atoms with Crippen LogP contribution in [-0.4, -0.2) is 24.8 Å². The third-order valence-electron chi connectivity index (χ3n) is 3.17. The van der Waals surface area contributed by atoms with Crippen molar-refractivity contribution in [3.63, 3.8) is 0 Å². The highest BCUT2D eigenvalue weighted by Crippen LogP contribution is 2.33. The summed E-state index contributed by atoms with van der Waals surface area (Å²) in [5, 5.41) is 8.97. The quantitative estimate of drug-likeness (QED) is 0.767. The normalized spacial score (nSPS) is 19.9. The van der Waals surface area contributed by atoms with Crippen molar-refractivity contribution >= 4 is 5.69 Å². The number of likely N-dealkylation sites (N-methyl/N-ethyl adjacent to an activating group) is 1. The summed E-state index contributed by atoms with van der Waals surface area (Å²) in [6, 6.07) is 6.96. The van der Waals surface area contributed by atoms with Crippen LogP contribution in [0.5, 0.6) is 0 Å². The van der Waals surface area contributed by atoms with Crippen LogP contribution in [0.25, 0.3) is 0 Å². The largest absolute Gasteiger partial charge is 0.396 e. The number of fused-ring (bicyclic) bond motifs is 1. The molecule has 2 rings (SSSR count). The highest BCUT2D eigenvalue weighted by Gasteiger charge is 2.24. The van der Waals surface area contributed by atoms with E-state index in [2.05, 4.69) is 37.1 Å². The number of anilines is 1. The predicted octanol–water partition coefficient (Wildman–Crippen LogP) is 1.60. The molecule has 1 N–H and O–H groups in total. The Hall–Kier alpha value is -1.02. The van der Waals surface area contributed by atoms with E-state index in [1.54, 1.807) is 0 Å². The number of rotatable bonds is 2. The van der Waals surface area contributed by atoms with Gasteiger partial charge in [-0.15, -0.1) is 0 Å². The molecule has 0 aliphatic carbocycles. The number of benzene rings is 1. The number of aliphatic hydroxyl groups is 1. The maximum Gasteiger partial charge on any atom is 0.0471 e. The summed E-state index contributed by atoms with van der Waals surface area (Å²) in [7, 11) is 2.14. The number of hydrogen-bond acceptors (Lipinski definition) is 2. The first-order chi connectivity index (χ1) is 6.74. The van der Waals surface area contributed by atoms with Gasteiger partial charge in [-0.25, -0.2) is 0 Å². The summed E-state index contributed by atoms with van der Waals surface area (Å²) < 4.78 is 0. The highest BCUT2D eigenvalue weighted by molar-refractivity contribution is 5.61. The van der Waals surface area contributed by atoms with E-state index in [9.17, 15) is 0 Å². The zero-order valence-corrected chi connectivity index (χ0v) is 8.83. The Balaban J connectivity index is 2.40. The van der Waals surface area contributed by atoms with Crippen molar-refractivity contribution in [2.45, 2.75) is 25.8 Å². The van der Waals surface area contributed by atoms with Crippen LogP contribution in [0.3, 0.4) is 0 Å². The molecule has 0 aromatic heterocycles. The lowest BCUT2D eigenvalue weighted by Crippen LogP contribution is -2.23. The number of nitrogens with zero attached hydrogens (tertiary/aromatic N) is 1. The molecule has 1 aromatic rings. The third-order valence-corrected chi connectivity index (χ3v) is 3.17. The molecule has 1 heterocycles. The Kier molecular flexibility index (Phi) is 2.46. The van der Waals surface area contributed by atoms with Crippen molar-refractivity contribution in [2.75, 3.05) is 18.6 Å². The van der Waals surface area contributed by atoms with E-state index in [1.807, 2.05) is 0 Å². The average molecular weight is 191 g/mol. The van der Waals surface area contributed by atoms with Crippen molar-refractivity contribution in [3.8, 4) is 0 Å². The molecule has 1 aliphatic heterocycles. The third kappa shape index (κ3) is 1.40. The van der Waals surface area contributed by atoms with Gasteiger partial charge in [0.05, 0.1) is 0 Å². The molecule has 0 spiro atoms. The summed E-state index contributed by atoms with van der Waals surface area (Å²) in [6.45, 7) is 2.48. The van der Waals surface area contributed by atoms with Crippen molar-refractivity contribution in [1.82, 2.24) is 0 Å². The van der Waals surface area contributed by atoms with Gasteiger partial charge in [0.1, 0.15) is 0 Å². The average Bonchev–Trinajstić information content (AvgIpc) is 2.46. The zero-order chi connectivity index (χ0) is 10.1. The highest BCUT2D eigenvalue weighted by atomic mass is 16.2. The maximum atomic E-state index is 8.97. The van der Waals surface area contributed by atoms with Gasteiger partial charge < -0.3 is 10.0 Å². The Morgan fingerprint density at radius 2 is 2.29 bits per heavy atom. The van der Waals surface area contributed by atoms with Gasteiger partial charge in [0.25, 0.3) is 0 Å². The lowest BCUT2D eigenvalue weighted by atomic mass is 10.0. The molecule has 0 amide bonds. The van der Waals surface area contributed by atoms with Crippen LogP contribution < -0.4 is 4.90 Å². The fourth-order valence-electron chi connectivity index (χ4n) is 2.21. The molecular weight excluding hydrogens is 174 g/mol. The van der Waals surface area contributed by atoms with E-state index in [-0.39, 0.29) is 6.61 Å². The molecule has 0 bridgehead atoms. The molecule has 2 heteroatoms. The van der Waals surface area contributed by atoms with E-state index < -0.39 is 0 Å². The maximum absolute atomic E-state index is 8.97. The molecule has 0 saturated carbocycles. The first-order valence-corrected chi connectivity index (χ1v) is 5.18. The topological polar surface area (TPSA) is 23.5 Å². The summed E-state index contributed by atoms with van der Waals surface area (Å²) in [5.41, 5.74) is 4.07. The van der Waals surface area contributed by atoms with Crippen LogP contribution in [-0.2, 0) is 12.8 Å². The first-order valence-electron chi connectivity index (χ1n) is 5.18. The van der Waals surface area contributed by atoms with Gasteiger partial charge in [-0.3, -0.25) is 0 Å². The van der Waals surface area contributed by atoms with Gasteiger partial charge in [-0.2, -0.15) is 0 Å². The van der Waals surface area contributed by atoms with Gasteiger partial charge in [0.15, 0.2) is 0 Å². The SMILES string of the molecule is CC1Cc2c(CCO)cccc2N1C. The molecule has 0 fully saturated rings. The van der Waals surface area contributed by atoms with Gasteiger partial charge in [0, 0.05) is 25.4 Å². The molecular formula is C12H17NO. The standard InChI is InChI=1S/C12H17NO/c1-9-8-11-10(6-7-14)4-3-5-12(11)13(9)2/h3-5,9,14H,6-8H2,1-2H3. The molecule has 1 unspecified atom stereocenters. The van der Waals surface area contributed by atoms with Gasteiger partial charge in [0.2, 0.25) is 0 Å². The fourth-order valence-corrected chi connectivity index (χ4v) is 2.21. The van der Waals surface area contributed by atoms with Crippen LogP contribution in [0, 0.1) is 0 Å². The number of aliphatic hydroxyl groups excluding tert-OH is 1. The molecule has 1 aromatic carbocycles. The van der Waals surface area contributed by atoms with Crippen LogP contribution in [0.15, 0.2) is 18.2 Å². The Labute approximate surface area is 85.2 Å². The second-order valence-corrected chi connectivity index (χ2v) is 4.05. The van der Waals surface area contributed by atoms with Crippen molar-refractivity contribution in [3.05, 3.63) is 29.3 Å². The fraction of sp³-hybridized carbons (Fsp3) is 0.500. The smallest absolute Gasteiger partial charge is 0.0471 e. The minimum absolute atomic E-state index is 0.245. The second kappa shape index (κ2) is 3.62. The van der Waals surface area contributed by atoms with E-state index in [0.717, 1.165) is 12.8 Å². The van der Waals surface area contributed by atoms with E-state index in [0.29, 0.717) is 6.04 Å². The molecule has 76 valence electrons. The van der Waals surface area contributed by atoms with Crippen molar-refractivity contribution in [1.29, 1.82) is 0 Å². The minimum atomic E-state index is 0.245. The Morgan fingerprint density at radius 3 is 3.00 bits per heavy atom. The summed E-state index contributed by atoms with van der Waals surface area (Å²) >= 11 is 0. The van der Waals surface area contributed by atoms with Gasteiger partial charge >= 0.3 is 0 Å². The monoisotopic (exact) mass is 191 g/mol. The summed E-state index contributed by atoms with van der Waals surface area (Å²) in [4.78, 5) is 2.32. The van der Waals surface area contributed by atoms with Crippen LogP contribution >= 0.6 is 0 Å². The molecule has 0 radical (unpaired) electrons. The minimum Gasteiger partial charge on any atom is -0.396 e. The van der Waals surface area contributed by atoms with Gasteiger partial charge in [-0.1, -0.05) is 12.1 Å². The summed E-state index contributed by atoms with van der Waals surface area (Å²) in [5.74, 6) is 0. The second-order valence-electron chi connectivity index (χ2n) is 4.05. The predicted molar refractivity (Wildman–Crippen MR) is 58.8 cm³/mol. The van der Waals surface area contributed by atoms with Crippen molar-refractivity contribution in [2.24, 2.45) is 0 Å². The molecule has 0 saturated heterocycles. The molecule has 2 nitrogen and oxygen atoms in total. The van der Waals surface area contributed by atoms with Crippen LogP contribution in [0.2, 0.25) is 0 Å². The van der Waals surface area contributed by atoms with Gasteiger partial charge in [-0.05, 0) is 37.0 Å². The Morgan fingerprint density at radius 1 is 1.50 bits per heavy atom. The lowest BCUT2D eigenvalue weighted by Gasteiger charge is -2.18. The van der Waals surface area contributed by atoms with Crippen molar-refractivity contribution < 1.29 is 5.11 Å². The van der Waals surface area contributed by atoms with E-state index in [4.69, 9.17) is 5.11 Å². The first kappa shape index (κ1) is 9.53. The zero-order valence-electron chi connectivity index (χ0n) is 8.83. The van der Waals surface area contributed by atoms with Crippen LogP contribution in [0.1, 0.15) is 18.1 Å². The summed E-state index contributed by atoms with van der Waals surface area (Å²) in [6.07, 6.45) is 1.89. The lowest BCUT2D eigenvalue weighted by molar-refractivity contribution is 0.299. The number of hydrogen-bond donors (Lipinski definition) is 1. The molecule has 14 heavy (non-hydrogen) atoms. The van der Waals surface area contributed by atoms with E-state index in [1.165, 1.54) is 16.8 Å². The van der Waals surface area contributed by atoms with E-state index >= 15 is 0 Å².